The molecule has 192 valence electrons. The van der Waals surface area contributed by atoms with Crippen molar-refractivity contribution in [1.82, 2.24) is 4.98 Å². The van der Waals surface area contributed by atoms with E-state index in [-0.39, 0.29) is 27.6 Å². The van der Waals surface area contributed by atoms with E-state index >= 15 is 0 Å². The van der Waals surface area contributed by atoms with Gasteiger partial charge in [0.25, 0.3) is 5.91 Å². The molecule has 0 unspecified atom stereocenters. The van der Waals surface area contributed by atoms with Gasteiger partial charge in [-0.1, -0.05) is 18.2 Å². The Bertz CT molecular complexity index is 1500. The van der Waals surface area contributed by atoms with Crippen LogP contribution < -0.4 is 5.32 Å². The van der Waals surface area contributed by atoms with E-state index < -0.39 is 17.8 Å². The number of benzene rings is 1. The van der Waals surface area contributed by atoms with Crippen molar-refractivity contribution >= 4 is 56.4 Å². The van der Waals surface area contributed by atoms with Gasteiger partial charge in [-0.15, -0.1) is 22.7 Å². The molecule has 0 spiro atoms. The Kier molecular flexibility index (Phi) is 7.75. The number of thiophene rings is 2. The first kappa shape index (κ1) is 26.5. The van der Waals surface area contributed by atoms with E-state index in [4.69, 9.17) is 14.5 Å². The Labute approximate surface area is 223 Å². The highest BCUT2D eigenvalue weighted by atomic mass is 32.1. The third-order valence-corrected chi connectivity index (χ3v) is 7.61. The number of para-hydroxylation sites is 1. The van der Waals surface area contributed by atoms with Crippen molar-refractivity contribution in [3.8, 4) is 10.6 Å². The number of carbonyl (C=O) groups excluding carboxylic acids is 3. The minimum Gasteiger partial charge on any atom is -0.459 e. The molecule has 7 nitrogen and oxygen atoms in total. The van der Waals surface area contributed by atoms with E-state index in [9.17, 15) is 14.4 Å². The standard InChI is InChI=1S/C28H28N2O5S2/c1-14(2)34-27(32)23-17(6)24(28(33)35-15(3)4)37-26(23)30-25(31)19-13-21(22-12-11-16(5)36-22)29-20-10-8-7-9-18(19)20/h7-15H,1-6H3,(H,30,31). The van der Waals surface area contributed by atoms with E-state index in [2.05, 4.69) is 5.32 Å². The summed E-state index contributed by atoms with van der Waals surface area (Å²) in [6.45, 7) is 10.6. The molecule has 9 heteroatoms. The lowest BCUT2D eigenvalue weighted by Gasteiger charge is -2.12. The van der Waals surface area contributed by atoms with Gasteiger partial charge in [0.05, 0.1) is 39.4 Å². The number of hydrogen-bond acceptors (Lipinski definition) is 8. The van der Waals surface area contributed by atoms with Gasteiger partial charge in [-0.25, -0.2) is 14.6 Å². The monoisotopic (exact) mass is 536 g/mol. The Morgan fingerprint density at radius 2 is 1.57 bits per heavy atom. The summed E-state index contributed by atoms with van der Waals surface area (Å²) in [4.78, 5) is 46.5. The van der Waals surface area contributed by atoms with Gasteiger partial charge in [0.1, 0.15) is 9.88 Å². The lowest BCUT2D eigenvalue weighted by atomic mass is 10.1. The number of esters is 2. The molecule has 1 amide bonds. The second-order valence-electron chi connectivity index (χ2n) is 9.11. The SMILES string of the molecule is Cc1ccc(-c2cc(C(=O)Nc3sc(C(=O)OC(C)C)c(C)c3C(=O)OC(C)C)c3ccccc3n2)s1. The lowest BCUT2D eigenvalue weighted by Crippen LogP contribution is -2.17. The van der Waals surface area contributed by atoms with E-state index in [1.165, 1.54) is 0 Å². The molecule has 0 atom stereocenters. The normalized spacial score (nSPS) is 11.2. The molecule has 0 aliphatic heterocycles. The zero-order valence-electron chi connectivity index (χ0n) is 21.5. The molecule has 0 bridgehead atoms. The summed E-state index contributed by atoms with van der Waals surface area (Å²) < 4.78 is 10.8. The molecule has 1 N–H and O–H groups in total. The van der Waals surface area contributed by atoms with E-state index in [1.807, 2.05) is 43.3 Å². The fraction of sp³-hybridized carbons (Fsp3) is 0.286. The van der Waals surface area contributed by atoms with Gasteiger partial charge in [-0.05, 0) is 71.4 Å². The third-order valence-electron chi connectivity index (χ3n) is 5.40. The Hall–Kier alpha value is -3.56. The van der Waals surface area contributed by atoms with Gasteiger partial charge in [-0.2, -0.15) is 0 Å². The summed E-state index contributed by atoms with van der Waals surface area (Å²) in [5.41, 5.74) is 2.33. The molecule has 3 heterocycles. The van der Waals surface area contributed by atoms with E-state index in [1.54, 1.807) is 52.0 Å². The Balaban J connectivity index is 1.79. The zero-order chi connectivity index (χ0) is 26.9. The number of nitrogens with zero attached hydrogens (tertiary/aromatic N) is 1. The number of hydrogen-bond donors (Lipinski definition) is 1. The van der Waals surface area contributed by atoms with Crippen LogP contribution in [0.1, 0.15) is 68.5 Å². The topological polar surface area (TPSA) is 94.6 Å². The first-order valence-electron chi connectivity index (χ1n) is 11.9. The predicted octanol–water partition coefficient (Wildman–Crippen LogP) is 7.02. The number of aryl methyl sites for hydroxylation is 1. The fourth-order valence-corrected chi connectivity index (χ4v) is 5.72. The van der Waals surface area contributed by atoms with Gasteiger partial charge in [0.2, 0.25) is 0 Å². The highest BCUT2D eigenvalue weighted by Gasteiger charge is 2.29. The van der Waals surface area contributed by atoms with Crippen LogP contribution in [0, 0.1) is 13.8 Å². The number of pyridine rings is 1. The molecule has 0 saturated heterocycles. The summed E-state index contributed by atoms with van der Waals surface area (Å²) in [6.07, 6.45) is -0.706. The minimum atomic E-state index is -0.614. The predicted molar refractivity (Wildman–Crippen MR) is 148 cm³/mol. The van der Waals surface area contributed by atoms with E-state index in [0.717, 1.165) is 21.1 Å². The van der Waals surface area contributed by atoms with Crippen LogP contribution in [0.4, 0.5) is 5.00 Å². The molecule has 0 fully saturated rings. The number of fused-ring (bicyclic) bond motifs is 1. The number of rotatable bonds is 7. The first-order chi connectivity index (χ1) is 17.5. The van der Waals surface area contributed by atoms with Gasteiger partial charge < -0.3 is 14.8 Å². The summed E-state index contributed by atoms with van der Waals surface area (Å²) >= 11 is 2.60. The molecule has 0 radical (unpaired) electrons. The van der Waals surface area contributed by atoms with Crippen molar-refractivity contribution in [2.45, 2.75) is 53.8 Å². The number of carbonyl (C=O) groups is 3. The van der Waals surface area contributed by atoms with Gasteiger partial charge >= 0.3 is 11.9 Å². The van der Waals surface area contributed by atoms with Gasteiger partial charge in [0, 0.05) is 10.3 Å². The van der Waals surface area contributed by atoms with Crippen LogP contribution in [-0.4, -0.2) is 35.0 Å². The van der Waals surface area contributed by atoms with Gasteiger partial charge in [-0.3, -0.25) is 4.79 Å². The lowest BCUT2D eigenvalue weighted by molar-refractivity contribution is 0.0378. The fourth-order valence-electron chi connectivity index (χ4n) is 3.81. The third kappa shape index (κ3) is 5.73. The van der Waals surface area contributed by atoms with Crippen molar-refractivity contribution in [2.24, 2.45) is 0 Å². The van der Waals surface area contributed by atoms with Crippen LogP contribution in [0.2, 0.25) is 0 Å². The molecule has 1 aromatic carbocycles. The van der Waals surface area contributed by atoms with Crippen LogP contribution in [0.25, 0.3) is 21.5 Å². The summed E-state index contributed by atoms with van der Waals surface area (Å²) in [7, 11) is 0. The molecule has 0 aliphatic rings. The average molecular weight is 537 g/mol. The quantitative estimate of drug-likeness (QED) is 0.255. The minimum absolute atomic E-state index is 0.148. The molecule has 0 aliphatic carbocycles. The second kappa shape index (κ2) is 10.8. The van der Waals surface area contributed by atoms with E-state index in [0.29, 0.717) is 27.7 Å². The molecular formula is C28H28N2O5S2. The number of ether oxygens (including phenoxy) is 2. The Morgan fingerprint density at radius 3 is 2.22 bits per heavy atom. The molecule has 37 heavy (non-hydrogen) atoms. The maximum Gasteiger partial charge on any atom is 0.348 e. The Morgan fingerprint density at radius 1 is 0.892 bits per heavy atom. The summed E-state index contributed by atoms with van der Waals surface area (Å²) in [5.74, 6) is -1.59. The second-order valence-corrected chi connectivity index (χ2v) is 11.4. The van der Waals surface area contributed by atoms with Crippen LogP contribution in [-0.2, 0) is 9.47 Å². The number of nitrogens with one attached hydrogen (secondary N) is 1. The smallest absolute Gasteiger partial charge is 0.348 e. The largest absolute Gasteiger partial charge is 0.459 e. The zero-order valence-corrected chi connectivity index (χ0v) is 23.1. The van der Waals surface area contributed by atoms with Crippen molar-refractivity contribution < 1.29 is 23.9 Å². The molecular weight excluding hydrogens is 508 g/mol. The summed E-state index contributed by atoms with van der Waals surface area (Å²) in [5, 5.41) is 3.78. The van der Waals surface area contributed by atoms with Crippen LogP contribution >= 0.6 is 22.7 Å². The highest BCUT2D eigenvalue weighted by molar-refractivity contribution is 7.18. The maximum atomic E-state index is 13.7. The molecule has 3 aromatic heterocycles. The first-order valence-corrected chi connectivity index (χ1v) is 13.5. The summed E-state index contributed by atoms with van der Waals surface area (Å²) in [6, 6.07) is 13.1. The number of anilines is 1. The average Bonchev–Trinajstić information content (AvgIpc) is 3.40. The van der Waals surface area contributed by atoms with Crippen molar-refractivity contribution in [3.05, 3.63) is 68.9 Å². The highest BCUT2D eigenvalue weighted by Crippen LogP contribution is 2.36. The van der Waals surface area contributed by atoms with Crippen LogP contribution in [0.15, 0.2) is 42.5 Å². The van der Waals surface area contributed by atoms with Crippen molar-refractivity contribution in [2.75, 3.05) is 5.32 Å². The maximum absolute atomic E-state index is 13.7. The van der Waals surface area contributed by atoms with Crippen molar-refractivity contribution in [3.63, 3.8) is 0 Å². The van der Waals surface area contributed by atoms with Crippen LogP contribution in [0.5, 0.6) is 0 Å². The number of amides is 1. The molecule has 0 saturated carbocycles. The van der Waals surface area contributed by atoms with Gasteiger partial charge in [0.15, 0.2) is 0 Å². The van der Waals surface area contributed by atoms with Crippen molar-refractivity contribution in [1.29, 1.82) is 0 Å². The van der Waals surface area contributed by atoms with Crippen LogP contribution in [0.3, 0.4) is 0 Å². The molecule has 4 aromatic rings. The molecule has 4 rings (SSSR count). The number of aromatic nitrogens is 1.